The SMILES string of the molecule is COc1ccc(CNC2CCC(CC(=O)Nc3nc(-c4ccc(C)cc4)cs3)CC2)c(O)c1. The summed E-state index contributed by atoms with van der Waals surface area (Å²) in [6.07, 6.45) is 4.64. The molecule has 174 valence electrons. The Morgan fingerprint density at radius 3 is 2.61 bits per heavy atom. The number of carbonyl (C=O) groups is 1. The Balaban J connectivity index is 1.20. The molecule has 1 aliphatic carbocycles. The number of hydrogen-bond donors (Lipinski definition) is 3. The molecule has 1 aromatic heterocycles. The van der Waals surface area contributed by atoms with E-state index >= 15 is 0 Å². The number of amides is 1. The second-order valence-electron chi connectivity index (χ2n) is 8.75. The first-order chi connectivity index (χ1) is 16.0. The van der Waals surface area contributed by atoms with E-state index in [-0.39, 0.29) is 11.7 Å². The van der Waals surface area contributed by atoms with Gasteiger partial charge in [-0.2, -0.15) is 0 Å². The predicted molar refractivity (Wildman–Crippen MR) is 133 cm³/mol. The summed E-state index contributed by atoms with van der Waals surface area (Å²) in [4.78, 5) is 17.1. The molecule has 0 bridgehead atoms. The van der Waals surface area contributed by atoms with Crippen LogP contribution in [0.5, 0.6) is 11.5 Å². The molecule has 1 saturated carbocycles. The van der Waals surface area contributed by atoms with Crippen LogP contribution in [0, 0.1) is 12.8 Å². The number of nitrogens with zero attached hydrogens (tertiary/aromatic N) is 1. The van der Waals surface area contributed by atoms with E-state index in [4.69, 9.17) is 4.74 Å². The normalized spacial score (nSPS) is 18.1. The quantitative estimate of drug-likeness (QED) is 0.409. The highest BCUT2D eigenvalue weighted by molar-refractivity contribution is 7.14. The lowest BCUT2D eigenvalue weighted by atomic mass is 9.84. The van der Waals surface area contributed by atoms with Crippen molar-refractivity contribution < 1.29 is 14.6 Å². The maximum Gasteiger partial charge on any atom is 0.226 e. The van der Waals surface area contributed by atoms with Gasteiger partial charge in [-0.3, -0.25) is 4.79 Å². The molecule has 0 radical (unpaired) electrons. The van der Waals surface area contributed by atoms with Crippen molar-refractivity contribution in [3.05, 3.63) is 59.0 Å². The molecule has 6 nitrogen and oxygen atoms in total. The van der Waals surface area contributed by atoms with Gasteiger partial charge in [0.2, 0.25) is 5.91 Å². The Bertz CT molecular complexity index is 1070. The van der Waals surface area contributed by atoms with Gasteiger partial charge in [-0.1, -0.05) is 35.9 Å². The summed E-state index contributed by atoms with van der Waals surface area (Å²) in [6, 6.07) is 14.0. The van der Waals surface area contributed by atoms with Crippen molar-refractivity contribution in [1.82, 2.24) is 10.3 Å². The number of nitrogens with one attached hydrogen (secondary N) is 2. The van der Waals surface area contributed by atoms with Crippen molar-refractivity contribution in [3.63, 3.8) is 0 Å². The van der Waals surface area contributed by atoms with Crippen LogP contribution in [0.2, 0.25) is 0 Å². The first-order valence-electron chi connectivity index (χ1n) is 11.4. The van der Waals surface area contributed by atoms with E-state index in [0.717, 1.165) is 42.5 Å². The van der Waals surface area contributed by atoms with Crippen LogP contribution in [0.25, 0.3) is 11.3 Å². The molecule has 1 amide bonds. The maximum absolute atomic E-state index is 12.6. The second-order valence-corrected chi connectivity index (χ2v) is 9.61. The lowest BCUT2D eigenvalue weighted by Crippen LogP contribution is -2.33. The zero-order chi connectivity index (χ0) is 23.2. The van der Waals surface area contributed by atoms with Gasteiger partial charge >= 0.3 is 0 Å². The third-order valence-corrected chi connectivity index (χ3v) is 7.05. The summed E-state index contributed by atoms with van der Waals surface area (Å²) in [5, 5.41) is 19.3. The summed E-state index contributed by atoms with van der Waals surface area (Å²) in [5.41, 5.74) is 4.04. The Kier molecular flexibility index (Phi) is 7.62. The minimum absolute atomic E-state index is 0.0411. The fourth-order valence-corrected chi connectivity index (χ4v) is 5.00. The number of thiazole rings is 1. The van der Waals surface area contributed by atoms with Crippen molar-refractivity contribution in [1.29, 1.82) is 0 Å². The molecule has 4 rings (SSSR count). The molecule has 33 heavy (non-hydrogen) atoms. The van der Waals surface area contributed by atoms with E-state index in [9.17, 15) is 9.90 Å². The molecule has 0 spiro atoms. The molecule has 7 heteroatoms. The number of ether oxygens (including phenoxy) is 1. The third kappa shape index (κ3) is 6.33. The van der Waals surface area contributed by atoms with E-state index in [1.54, 1.807) is 13.2 Å². The van der Waals surface area contributed by atoms with Crippen molar-refractivity contribution in [2.24, 2.45) is 5.92 Å². The number of hydrogen-bond acceptors (Lipinski definition) is 6. The molecule has 2 aromatic carbocycles. The van der Waals surface area contributed by atoms with Gasteiger partial charge in [0.1, 0.15) is 11.5 Å². The molecule has 0 unspecified atom stereocenters. The fourth-order valence-electron chi connectivity index (χ4n) is 4.27. The lowest BCUT2D eigenvalue weighted by Gasteiger charge is -2.29. The van der Waals surface area contributed by atoms with E-state index in [1.807, 2.05) is 17.5 Å². The number of phenols is 1. The monoisotopic (exact) mass is 465 g/mol. The van der Waals surface area contributed by atoms with E-state index < -0.39 is 0 Å². The Morgan fingerprint density at radius 1 is 1.15 bits per heavy atom. The molecule has 0 saturated heterocycles. The van der Waals surface area contributed by atoms with Crippen molar-refractivity contribution in [2.75, 3.05) is 12.4 Å². The van der Waals surface area contributed by atoms with Gasteiger partial charge in [0.05, 0.1) is 12.8 Å². The van der Waals surface area contributed by atoms with Crippen LogP contribution >= 0.6 is 11.3 Å². The number of aromatic nitrogens is 1. The average molecular weight is 466 g/mol. The molecule has 0 aliphatic heterocycles. The number of anilines is 1. The molecular formula is C26H31N3O3S. The maximum atomic E-state index is 12.6. The number of carbonyl (C=O) groups excluding carboxylic acids is 1. The van der Waals surface area contributed by atoms with Crippen molar-refractivity contribution in [3.8, 4) is 22.8 Å². The average Bonchev–Trinajstić information content (AvgIpc) is 3.28. The van der Waals surface area contributed by atoms with Gasteiger partial charge in [0.15, 0.2) is 5.13 Å². The van der Waals surface area contributed by atoms with Gasteiger partial charge < -0.3 is 20.5 Å². The van der Waals surface area contributed by atoms with E-state index in [1.165, 1.54) is 16.9 Å². The zero-order valence-electron chi connectivity index (χ0n) is 19.1. The highest BCUT2D eigenvalue weighted by Crippen LogP contribution is 2.30. The molecule has 3 N–H and O–H groups in total. The highest BCUT2D eigenvalue weighted by atomic mass is 32.1. The summed E-state index contributed by atoms with van der Waals surface area (Å²) >= 11 is 1.47. The van der Waals surface area contributed by atoms with Gasteiger partial charge in [-0.25, -0.2) is 4.98 Å². The molecule has 1 aliphatic rings. The second kappa shape index (κ2) is 10.8. The Morgan fingerprint density at radius 2 is 1.91 bits per heavy atom. The topological polar surface area (TPSA) is 83.5 Å². The van der Waals surface area contributed by atoms with Gasteiger partial charge in [-0.15, -0.1) is 11.3 Å². The van der Waals surface area contributed by atoms with E-state index in [2.05, 4.69) is 46.8 Å². The highest BCUT2D eigenvalue weighted by Gasteiger charge is 2.23. The molecule has 1 fully saturated rings. The van der Waals surface area contributed by atoms with Crippen LogP contribution in [0.15, 0.2) is 47.8 Å². The number of aryl methyl sites for hydroxylation is 1. The first-order valence-corrected chi connectivity index (χ1v) is 12.3. The molecule has 1 heterocycles. The smallest absolute Gasteiger partial charge is 0.226 e. The Hall–Kier alpha value is -2.90. The minimum atomic E-state index is 0.0411. The lowest BCUT2D eigenvalue weighted by molar-refractivity contribution is -0.117. The van der Waals surface area contributed by atoms with Crippen LogP contribution < -0.4 is 15.4 Å². The van der Waals surface area contributed by atoms with E-state index in [0.29, 0.717) is 35.8 Å². The first kappa shape index (κ1) is 23.3. The molecule has 3 aromatic rings. The predicted octanol–water partition coefficient (Wildman–Crippen LogP) is 5.51. The largest absolute Gasteiger partial charge is 0.507 e. The number of rotatable bonds is 8. The van der Waals surface area contributed by atoms with Crippen LogP contribution in [0.4, 0.5) is 5.13 Å². The van der Waals surface area contributed by atoms with Crippen LogP contribution in [-0.4, -0.2) is 29.1 Å². The van der Waals surface area contributed by atoms with Gasteiger partial charge in [0, 0.05) is 41.6 Å². The summed E-state index contributed by atoms with van der Waals surface area (Å²) < 4.78 is 5.13. The van der Waals surface area contributed by atoms with Crippen LogP contribution in [0.3, 0.4) is 0 Å². The number of methoxy groups -OCH3 is 1. The van der Waals surface area contributed by atoms with Crippen molar-refractivity contribution >= 4 is 22.4 Å². The molecular weight excluding hydrogens is 434 g/mol. The summed E-state index contributed by atoms with van der Waals surface area (Å²) in [5.74, 6) is 1.34. The number of benzene rings is 2. The minimum Gasteiger partial charge on any atom is -0.507 e. The fraction of sp³-hybridized carbons (Fsp3) is 0.385. The number of phenolic OH excluding ortho intramolecular Hbond substituents is 1. The van der Waals surface area contributed by atoms with Gasteiger partial charge in [-0.05, 0) is 44.6 Å². The standard InChI is InChI=1S/C26H31N3O3S/c1-17-3-7-19(8-4-17)23-16-33-26(28-23)29-25(31)13-18-5-10-21(11-6-18)27-15-20-9-12-22(32-2)14-24(20)30/h3-4,7-9,12,14,16,18,21,27,30H,5-6,10-11,13,15H2,1-2H3,(H,28,29,31). The summed E-state index contributed by atoms with van der Waals surface area (Å²) in [7, 11) is 1.59. The number of aromatic hydroxyl groups is 1. The molecule has 0 atom stereocenters. The van der Waals surface area contributed by atoms with Crippen LogP contribution in [-0.2, 0) is 11.3 Å². The summed E-state index contributed by atoms with van der Waals surface area (Å²) in [6.45, 7) is 2.69. The van der Waals surface area contributed by atoms with Gasteiger partial charge in [0.25, 0.3) is 0 Å². The van der Waals surface area contributed by atoms with Crippen LogP contribution in [0.1, 0.15) is 43.2 Å². The Labute approximate surface area is 199 Å². The zero-order valence-corrected chi connectivity index (χ0v) is 20.0. The third-order valence-electron chi connectivity index (χ3n) is 6.29. The van der Waals surface area contributed by atoms with Crippen molar-refractivity contribution in [2.45, 2.75) is 51.6 Å².